The van der Waals surface area contributed by atoms with Gasteiger partial charge in [-0.2, -0.15) is 0 Å². The maximum Gasteiger partial charge on any atom is 0.240 e. The second kappa shape index (κ2) is 5.95. The summed E-state index contributed by atoms with van der Waals surface area (Å²) in [4.78, 5) is 24.8. The lowest BCUT2D eigenvalue weighted by atomic mass is 10.1. The third-order valence-electron chi connectivity index (χ3n) is 3.08. The molecule has 0 bridgehead atoms. The summed E-state index contributed by atoms with van der Waals surface area (Å²) in [6.45, 7) is 3.47. The number of anilines is 1. The maximum atomic E-state index is 12.0. The number of imide groups is 1. The molecule has 0 unspecified atom stereocenters. The van der Waals surface area contributed by atoms with E-state index in [2.05, 4.69) is 4.72 Å². The van der Waals surface area contributed by atoms with Crippen molar-refractivity contribution in [1.82, 2.24) is 4.72 Å². The first-order valence-corrected chi connectivity index (χ1v) is 8.28. The van der Waals surface area contributed by atoms with Crippen LogP contribution in [0.4, 0.5) is 5.69 Å². The highest BCUT2D eigenvalue weighted by atomic mass is 32.2. The standard InChI is InChI=1S/C14H18N2O4S/c1-10(2)15-21(19,20)12-8-6-11(7-9-12)16-13(17)4-3-5-14(16)18/h6-10,15H,3-5H2,1-2H3. The Morgan fingerprint density at radius 2 is 1.57 bits per heavy atom. The van der Waals surface area contributed by atoms with Crippen molar-refractivity contribution < 1.29 is 18.0 Å². The van der Waals surface area contributed by atoms with Crippen molar-refractivity contribution >= 4 is 27.5 Å². The van der Waals surface area contributed by atoms with Crippen molar-refractivity contribution in [2.24, 2.45) is 0 Å². The molecule has 0 atom stereocenters. The van der Waals surface area contributed by atoms with E-state index in [4.69, 9.17) is 0 Å². The lowest BCUT2D eigenvalue weighted by Gasteiger charge is -2.25. The average Bonchev–Trinajstić information content (AvgIpc) is 2.37. The van der Waals surface area contributed by atoms with Gasteiger partial charge in [0.1, 0.15) is 0 Å². The fourth-order valence-corrected chi connectivity index (χ4v) is 3.45. The molecule has 114 valence electrons. The zero-order valence-corrected chi connectivity index (χ0v) is 12.8. The number of hydrogen-bond donors (Lipinski definition) is 1. The number of rotatable bonds is 4. The molecule has 1 aromatic rings. The molecule has 1 heterocycles. The summed E-state index contributed by atoms with van der Waals surface area (Å²) in [7, 11) is -3.57. The highest BCUT2D eigenvalue weighted by Crippen LogP contribution is 2.23. The first kappa shape index (κ1) is 15.7. The zero-order chi connectivity index (χ0) is 15.6. The molecule has 0 radical (unpaired) electrons. The molecule has 1 saturated heterocycles. The van der Waals surface area contributed by atoms with Gasteiger partial charge in [0, 0.05) is 18.9 Å². The van der Waals surface area contributed by atoms with E-state index in [0.29, 0.717) is 24.9 Å². The fourth-order valence-electron chi connectivity index (χ4n) is 2.19. The third kappa shape index (κ3) is 3.48. The van der Waals surface area contributed by atoms with Crippen LogP contribution in [0.15, 0.2) is 29.2 Å². The Morgan fingerprint density at radius 1 is 1.05 bits per heavy atom. The molecule has 0 spiro atoms. The fraction of sp³-hybridized carbons (Fsp3) is 0.429. The van der Waals surface area contributed by atoms with Gasteiger partial charge in [0.15, 0.2) is 0 Å². The van der Waals surface area contributed by atoms with E-state index in [9.17, 15) is 18.0 Å². The Morgan fingerprint density at radius 3 is 2.05 bits per heavy atom. The molecule has 21 heavy (non-hydrogen) atoms. The Labute approximate surface area is 124 Å². The molecule has 1 aliphatic heterocycles. The summed E-state index contributed by atoms with van der Waals surface area (Å²) >= 11 is 0. The van der Waals surface area contributed by atoms with E-state index in [1.165, 1.54) is 24.3 Å². The second-order valence-corrected chi connectivity index (χ2v) is 6.96. The minimum atomic E-state index is -3.57. The van der Waals surface area contributed by atoms with Crippen LogP contribution in [0.2, 0.25) is 0 Å². The van der Waals surface area contributed by atoms with Crippen LogP contribution in [0.1, 0.15) is 33.1 Å². The van der Waals surface area contributed by atoms with Crippen molar-refractivity contribution in [1.29, 1.82) is 0 Å². The van der Waals surface area contributed by atoms with E-state index < -0.39 is 10.0 Å². The van der Waals surface area contributed by atoms with Gasteiger partial charge in [0.25, 0.3) is 0 Å². The van der Waals surface area contributed by atoms with Crippen LogP contribution in [-0.4, -0.2) is 26.3 Å². The molecule has 1 fully saturated rings. The van der Waals surface area contributed by atoms with Crippen LogP contribution >= 0.6 is 0 Å². The molecule has 6 nitrogen and oxygen atoms in total. The van der Waals surface area contributed by atoms with E-state index in [1.54, 1.807) is 13.8 Å². The summed E-state index contributed by atoms with van der Waals surface area (Å²) in [6.07, 6.45) is 1.24. The molecule has 1 aliphatic rings. The smallest absolute Gasteiger partial charge is 0.240 e. The van der Waals surface area contributed by atoms with Gasteiger partial charge >= 0.3 is 0 Å². The summed E-state index contributed by atoms with van der Waals surface area (Å²) in [6, 6.07) is 5.55. The molecule has 2 amide bonds. The van der Waals surface area contributed by atoms with Gasteiger partial charge in [0.05, 0.1) is 10.6 Å². The van der Waals surface area contributed by atoms with E-state index >= 15 is 0 Å². The highest BCUT2D eigenvalue weighted by Gasteiger charge is 2.27. The molecule has 0 saturated carbocycles. The third-order valence-corrected chi connectivity index (χ3v) is 4.75. The Hall–Kier alpha value is -1.73. The largest absolute Gasteiger partial charge is 0.274 e. The normalized spacial score (nSPS) is 16.6. The summed E-state index contributed by atoms with van der Waals surface area (Å²) in [5.74, 6) is -0.496. The second-order valence-electron chi connectivity index (χ2n) is 5.25. The molecular weight excluding hydrogens is 292 g/mol. The van der Waals surface area contributed by atoms with Crippen molar-refractivity contribution in [3.8, 4) is 0 Å². The first-order valence-electron chi connectivity index (χ1n) is 6.79. The predicted octanol–water partition coefficient (Wildman–Crippen LogP) is 1.42. The van der Waals surface area contributed by atoms with Gasteiger partial charge in [0.2, 0.25) is 21.8 Å². The minimum Gasteiger partial charge on any atom is -0.274 e. The number of amides is 2. The minimum absolute atomic E-state index is 0.108. The number of carbonyl (C=O) groups excluding carboxylic acids is 2. The average molecular weight is 310 g/mol. The predicted molar refractivity (Wildman–Crippen MR) is 78.2 cm³/mol. The molecule has 1 aromatic carbocycles. The molecule has 7 heteroatoms. The summed E-state index contributed by atoms with van der Waals surface area (Å²) in [5.41, 5.74) is 0.410. The quantitative estimate of drug-likeness (QED) is 0.852. The number of sulfonamides is 1. The molecule has 1 N–H and O–H groups in total. The first-order chi connectivity index (χ1) is 9.81. The van der Waals surface area contributed by atoms with Gasteiger partial charge in [-0.05, 0) is 44.5 Å². The monoisotopic (exact) mass is 310 g/mol. The van der Waals surface area contributed by atoms with Gasteiger partial charge in [-0.15, -0.1) is 0 Å². The highest BCUT2D eigenvalue weighted by molar-refractivity contribution is 7.89. The van der Waals surface area contributed by atoms with Gasteiger partial charge in [-0.1, -0.05) is 0 Å². The lowest BCUT2D eigenvalue weighted by molar-refractivity contribution is -0.129. The number of piperidine rings is 1. The number of hydrogen-bond acceptors (Lipinski definition) is 4. The number of carbonyl (C=O) groups is 2. The summed E-state index contributed by atoms with van der Waals surface area (Å²) < 4.78 is 26.5. The van der Waals surface area contributed by atoms with Gasteiger partial charge in [-0.25, -0.2) is 13.1 Å². The van der Waals surface area contributed by atoms with E-state index in [-0.39, 0.29) is 22.8 Å². The van der Waals surface area contributed by atoms with Gasteiger partial charge < -0.3 is 0 Å². The number of nitrogens with one attached hydrogen (secondary N) is 1. The van der Waals surface area contributed by atoms with Crippen molar-refractivity contribution in [3.05, 3.63) is 24.3 Å². The number of benzene rings is 1. The zero-order valence-electron chi connectivity index (χ0n) is 12.0. The molecule has 2 rings (SSSR count). The maximum absolute atomic E-state index is 12.0. The van der Waals surface area contributed by atoms with Crippen LogP contribution in [0, 0.1) is 0 Å². The molecular formula is C14H18N2O4S. The SMILES string of the molecule is CC(C)NS(=O)(=O)c1ccc(N2C(=O)CCCC2=O)cc1. The van der Waals surface area contributed by atoms with Crippen molar-refractivity contribution in [2.75, 3.05) is 4.90 Å². The lowest BCUT2D eigenvalue weighted by Crippen LogP contribution is -2.40. The van der Waals surface area contributed by atoms with Crippen LogP contribution in [-0.2, 0) is 19.6 Å². The Kier molecular flexibility index (Phi) is 4.43. The van der Waals surface area contributed by atoms with Crippen LogP contribution in [0.25, 0.3) is 0 Å². The van der Waals surface area contributed by atoms with Gasteiger partial charge in [-0.3, -0.25) is 14.5 Å². The van der Waals surface area contributed by atoms with E-state index in [0.717, 1.165) is 4.90 Å². The van der Waals surface area contributed by atoms with Crippen LogP contribution < -0.4 is 9.62 Å². The van der Waals surface area contributed by atoms with Crippen LogP contribution in [0.3, 0.4) is 0 Å². The molecule has 0 aromatic heterocycles. The topological polar surface area (TPSA) is 83.6 Å². The van der Waals surface area contributed by atoms with E-state index in [1.807, 2.05) is 0 Å². The van der Waals surface area contributed by atoms with Crippen molar-refractivity contribution in [3.63, 3.8) is 0 Å². The number of nitrogens with zero attached hydrogens (tertiary/aromatic N) is 1. The molecule has 0 aliphatic carbocycles. The summed E-state index contributed by atoms with van der Waals surface area (Å²) in [5, 5.41) is 0. The van der Waals surface area contributed by atoms with Crippen LogP contribution in [0.5, 0.6) is 0 Å². The van der Waals surface area contributed by atoms with Crippen molar-refractivity contribution in [2.45, 2.75) is 44.0 Å². The Balaban J connectivity index is 2.27. The Bertz CT molecular complexity index is 634.